The molecule has 2 N–H and O–H groups in total. The number of benzene rings is 1. The maximum absolute atomic E-state index is 12.4. The second-order valence-electron chi connectivity index (χ2n) is 5.38. The average molecular weight is 356 g/mol. The third kappa shape index (κ3) is 4.04. The van der Waals surface area contributed by atoms with E-state index in [-0.39, 0.29) is 12.3 Å². The van der Waals surface area contributed by atoms with Gasteiger partial charge in [0.05, 0.1) is 12.0 Å². The van der Waals surface area contributed by atoms with Gasteiger partial charge in [0.15, 0.2) is 0 Å². The average Bonchev–Trinajstić information content (AvgIpc) is 2.41. The summed E-state index contributed by atoms with van der Waals surface area (Å²) < 4.78 is 6.13. The number of aliphatic carboxylic acids is 1. The molecular formula is C15H18BrNO4. The Morgan fingerprint density at radius 1 is 1.38 bits per heavy atom. The van der Waals surface area contributed by atoms with Crippen molar-refractivity contribution in [2.75, 3.05) is 13.2 Å². The molecule has 0 atom stereocenters. The SMILES string of the molecule is Cc1ccc(C(=O)NC2(CC(=O)O)CCOCC2)cc1Br. The van der Waals surface area contributed by atoms with Gasteiger partial charge in [-0.2, -0.15) is 0 Å². The molecule has 1 aromatic carbocycles. The molecule has 0 unspecified atom stereocenters. The summed E-state index contributed by atoms with van der Waals surface area (Å²) in [5.41, 5.74) is 0.833. The van der Waals surface area contributed by atoms with Crippen molar-refractivity contribution in [3.8, 4) is 0 Å². The van der Waals surface area contributed by atoms with Crippen LogP contribution in [0.3, 0.4) is 0 Å². The standard InChI is InChI=1S/C15H18BrNO4/c1-10-2-3-11(8-12(10)16)14(20)17-15(9-13(18)19)4-6-21-7-5-15/h2-3,8H,4-7,9H2,1H3,(H,17,20)(H,18,19). The monoisotopic (exact) mass is 355 g/mol. The zero-order valence-electron chi connectivity index (χ0n) is 11.8. The third-order valence-electron chi connectivity index (χ3n) is 3.75. The van der Waals surface area contributed by atoms with E-state index in [9.17, 15) is 9.59 Å². The highest BCUT2D eigenvalue weighted by molar-refractivity contribution is 9.10. The maximum atomic E-state index is 12.4. The minimum atomic E-state index is -0.915. The first-order valence-electron chi connectivity index (χ1n) is 6.80. The van der Waals surface area contributed by atoms with Gasteiger partial charge in [0, 0.05) is 23.2 Å². The number of ether oxygens (including phenoxy) is 1. The Morgan fingerprint density at radius 3 is 2.62 bits per heavy atom. The van der Waals surface area contributed by atoms with Crippen molar-refractivity contribution >= 4 is 27.8 Å². The quantitative estimate of drug-likeness (QED) is 0.869. The van der Waals surface area contributed by atoms with Crippen LogP contribution in [-0.2, 0) is 9.53 Å². The van der Waals surface area contributed by atoms with E-state index in [4.69, 9.17) is 9.84 Å². The fourth-order valence-corrected chi connectivity index (χ4v) is 2.82. The van der Waals surface area contributed by atoms with Gasteiger partial charge in [0.25, 0.3) is 5.91 Å². The lowest BCUT2D eigenvalue weighted by Crippen LogP contribution is -2.53. The molecule has 0 radical (unpaired) electrons. The van der Waals surface area contributed by atoms with E-state index in [0.717, 1.165) is 10.0 Å². The molecule has 0 spiro atoms. The Bertz CT molecular complexity index is 553. The number of halogens is 1. The Hall–Kier alpha value is -1.40. The zero-order chi connectivity index (χ0) is 15.5. The number of carbonyl (C=O) groups excluding carboxylic acids is 1. The van der Waals surface area contributed by atoms with Crippen molar-refractivity contribution in [2.24, 2.45) is 0 Å². The molecule has 5 nitrogen and oxygen atoms in total. The van der Waals surface area contributed by atoms with E-state index in [1.165, 1.54) is 0 Å². The van der Waals surface area contributed by atoms with Gasteiger partial charge >= 0.3 is 5.97 Å². The molecule has 2 rings (SSSR count). The predicted octanol–water partition coefficient (Wildman–Crippen LogP) is 2.51. The van der Waals surface area contributed by atoms with Crippen LogP contribution in [0.1, 0.15) is 35.2 Å². The van der Waals surface area contributed by atoms with Gasteiger partial charge in [0.1, 0.15) is 0 Å². The molecule has 1 saturated heterocycles. The second kappa shape index (κ2) is 6.58. The van der Waals surface area contributed by atoms with Gasteiger partial charge < -0.3 is 15.2 Å². The van der Waals surface area contributed by atoms with Crippen LogP contribution in [0.4, 0.5) is 0 Å². The molecule has 0 aromatic heterocycles. The van der Waals surface area contributed by atoms with Gasteiger partial charge in [-0.05, 0) is 37.5 Å². The molecule has 21 heavy (non-hydrogen) atoms. The molecule has 6 heteroatoms. The highest BCUT2D eigenvalue weighted by Gasteiger charge is 2.36. The van der Waals surface area contributed by atoms with Crippen molar-refractivity contribution in [3.63, 3.8) is 0 Å². The van der Waals surface area contributed by atoms with Gasteiger partial charge in [-0.25, -0.2) is 0 Å². The lowest BCUT2D eigenvalue weighted by Gasteiger charge is -2.36. The number of hydrogen-bond donors (Lipinski definition) is 2. The normalized spacial score (nSPS) is 17.2. The minimum absolute atomic E-state index is 0.0882. The fourth-order valence-electron chi connectivity index (χ4n) is 2.44. The van der Waals surface area contributed by atoms with Crippen LogP contribution >= 0.6 is 15.9 Å². The van der Waals surface area contributed by atoms with Crippen LogP contribution < -0.4 is 5.32 Å². The Labute approximate surface area is 131 Å². The van der Waals surface area contributed by atoms with Crippen LogP contribution in [0, 0.1) is 6.92 Å². The number of carboxylic acid groups (broad SMARTS) is 1. The molecule has 0 bridgehead atoms. The van der Waals surface area contributed by atoms with Gasteiger partial charge in [0.2, 0.25) is 0 Å². The highest BCUT2D eigenvalue weighted by atomic mass is 79.9. The molecule has 114 valence electrons. The Kier molecular flexibility index (Phi) is 5.00. The molecule has 1 aliphatic heterocycles. The summed E-state index contributed by atoms with van der Waals surface area (Å²) in [6.07, 6.45) is 0.936. The van der Waals surface area contributed by atoms with Crippen LogP contribution in [0.15, 0.2) is 22.7 Å². The Morgan fingerprint density at radius 2 is 2.05 bits per heavy atom. The molecule has 1 aromatic rings. The largest absolute Gasteiger partial charge is 0.481 e. The van der Waals surface area contributed by atoms with Crippen molar-refractivity contribution in [1.29, 1.82) is 0 Å². The van der Waals surface area contributed by atoms with Crippen LogP contribution in [0.5, 0.6) is 0 Å². The van der Waals surface area contributed by atoms with E-state index in [1.54, 1.807) is 12.1 Å². The fraction of sp³-hybridized carbons (Fsp3) is 0.467. The second-order valence-corrected chi connectivity index (χ2v) is 6.24. The van der Waals surface area contributed by atoms with Crippen LogP contribution in [-0.4, -0.2) is 35.7 Å². The molecular weight excluding hydrogens is 338 g/mol. The van der Waals surface area contributed by atoms with E-state index in [0.29, 0.717) is 31.6 Å². The van der Waals surface area contributed by atoms with Crippen LogP contribution in [0.25, 0.3) is 0 Å². The molecule has 1 amide bonds. The van der Waals surface area contributed by atoms with E-state index >= 15 is 0 Å². The molecule has 0 saturated carbocycles. The third-order valence-corrected chi connectivity index (χ3v) is 4.61. The smallest absolute Gasteiger partial charge is 0.305 e. The van der Waals surface area contributed by atoms with Gasteiger partial charge in [-0.15, -0.1) is 0 Å². The summed E-state index contributed by atoms with van der Waals surface area (Å²) >= 11 is 3.40. The van der Waals surface area contributed by atoms with Crippen molar-refractivity contribution in [3.05, 3.63) is 33.8 Å². The maximum Gasteiger partial charge on any atom is 0.305 e. The summed E-state index contributed by atoms with van der Waals surface area (Å²) in [7, 11) is 0. The number of nitrogens with one attached hydrogen (secondary N) is 1. The molecule has 1 fully saturated rings. The van der Waals surface area contributed by atoms with Crippen molar-refractivity contribution in [2.45, 2.75) is 31.7 Å². The van der Waals surface area contributed by atoms with Crippen molar-refractivity contribution in [1.82, 2.24) is 5.32 Å². The predicted molar refractivity (Wildman–Crippen MR) is 81.4 cm³/mol. The van der Waals surface area contributed by atoms with E-state index < -0.39 is 11.5 Å². The summed E-state index contributed by atoms with van der Waals surface area (Å²) in [5.74, 6) is -1.17. The summed E-state index contributed by atoms with van der Waals surface area (Å²) in [6, 6.07) is 5.34. The first-order chi connectivity index (χ1) is 9.92. The molecule has 0 aliphatic carbocycles. The topological polar surface area (TPSA) is 75.6 Å². The summed E-state index contributed by atoms with van der Waals surface area (Å²) in [5, 5.41) is 12.0. The van der Waals surface area contributed by atoms with E-state index in [1.807, 2.05) is 13.0 Å². The number of carboxylic acids is 1. The Balaban J connectivity index is 2.17. The van der Waals surface area contributed by atoms with E-state index in [2.05, 4.69) is 21.2 Å². The lowest BCUT2D eigenvalue weighted by molar-refractivity contribution is -0.139. The summed E-state index contributed by atoms with van der Waals surface area (Å²) in [6.45, 7) is 2.87. The molecule has 1 heterocycles. The number of carbonyl (C=O) groups is 2. The first-order valence-corrected chi connectivity index (χ1v) is 7.59. The number of rotatable bonds is 4. The lowest BCUT2D eigenvalue weighted by atomic mass is 9.86. The van der Waals surface area contributed by atoms with Gasteiger partial charge in [-0.3, -0.25) is 9.59 Å². The summed E-state index contributed by atoms with van der Waals surface area (Å²) in [4.78, 5) is 23.5. The molecule has 1 aliphatic rings. The van der Waals surface area contributed by atoms with Crippen molar-refractivity contribution < 1.29 is 19.4 Å². The highest BCUT2D eigenvalue weighted by Crippen LogP contribution is 2.26. The minimum Gasteiger partial charge on any atom is -0.481 e. The first kappa shape index (κ1) is 16.0. The number of aryl methyl sites for hydroxylation is 1. The van der Waals surface area contributed by atoms with Crippen LogP contribution in [0.2, 0.25) is 0 Å². The zero-order valence-corrected chi connectivity index (χ0v) is 13.4. The number of hydrogen-bond acceptors (Lipinski definition) is 3. The van der Waals surface area contributed by atoms with Gasteiger partial charge in [-0.1, -0.05) is 22.0 Å². The number of amides is 1.